The van der Waals surface area contributed by atoms with Crippen LogP contribution in [0.3, 0.4) is 0 Å². The molecule has 1 heteroatoms. The monoisotopic (exact) mass is 191 g/mol. The van der Waals surface area contributed by atoms with Crippen molar-refractivity contribution in [1.29, 1.82) is 0 Å². The van der Waals surface area contributed by atoms with E-state index < -0.39 is 0 Å². The van der Waals surface area contributed by atoms with Crippen LogP contribution < -0.4 is 0 Å². The Morgan fingerprint density at radius 2 is 1.86 bits per heavy atom. The van der Waals surface area contributed by atoms with Gasteiger partial charge in [0.25, 0.3) is 0 Å². The summed E-state index contributed by atoms with van der Waals surface area (Å²) in [6.07, 6.45) is 1.82. The summed E-state index contributed by atoms with van der Waals surface area (Å²) in [5.74, 6) is 0. The first kappa shape index (κ1) is 9.47. The number of rotatable bonds is 3. The fourth-order valence-electron chi connectivity index (χ4n) is 0.966. The molecule has 1 rings (SSSR count). The van der Waals surface area contributed by atoms with Crippen LogP contribution in [0.25, 0.3) is 6.05 Å². The molecule has 0 bridgehead atoms. The summed E-state index contributed by atoms with van der Waals surface area (Å²) in [7, 11) is 1.65. The molecule has 0 fully saturated rings. The average molecular weight is 191 g/mol. The molecule has 0 aromatic heterocycles. The summed E-state index contributed by atoms with van der Waals surface area (Å²) >= 11 is 0. The van der Waals surface area contributed by atoms with Gasteiger partial charge in [-0.05, 0) is 26.3 Å². The molecule has 0 aliphatic carbocycles. The first-order valence-corrected chi connectivity index (χ1v) is 4.76. The normalized spacial score (nSPS) is 14.0. The van der Waals surface area contributed by atoms with Gasteiger partial charge in [-0.1, -0.05) is 42.0 Å². The summed E-state index contributed by atoms with van der Waals surface area (Å²) in [5, 5.41) is 0. The molecule has 14 heavy (non-hydrogen) atoms. The van der Waals surface area contributed by atoms with Gasteiger partial charge < -0.3 is 4.74 Å². The Kier molecular flexibility index (Phi) is 3.00. The van der Waals surface area contributed by atoms with Gasteiger partial charge in [0.2, 0.25) is 0 Å². The summed E-state index contributed by atoms with van der Waals surface area (Å²) in [5.41, 5.74) is 1.74. The molecule has 0 saturated carbocycles. The molecule has 1 nitrogen and oxygen atoms in total. The molecule has 0 amide bonds. The van der Waals surface area contributed by atoms with E-state index in [1.807, 2.05) is 51.1 Å². The lowest BCUT2D eigenvalue weighted by Gasteiger charge is -2.17. The van der Waals surface area contributed by atoms with Crippen LogP contribution in [0.1, 0.15) is 26.3 Å². The quantitative estimate of drug-likeness (QED) is 0.711. The Morgan fingerprint density at radius 3 is 2.36 bits per heavy atom. The van der Waals surface area contributed by atoms with E-state index in [9.17, 15) is 0 Å². The predicted molar refractivity (Wildman–Crippen MR) is 61.3 cm³/mol. The lowest BCUT2D eigenvalue weighted by atomic mass is 10.1. The Balaban J connectivity index is 2.94. The summed E-state index contributed by atoms with van der Waals surface area (Å²) in [6.45, 7) is 5.92. The van der Waals surface area contributed by atoms with Crippen LogP contribution in [0.2, 0.25) is 0 Å². The van der Waals surface area contributed by atoms with Crippen LogP contribution in [-0.2, 0) is 4.74 Å². The van der Waals surface area contributed by atoms with E-state index in [1.165, 1.54) is 5.56 Å². The Labute approximate surface area is 87.8 Å². The number of hydrogen-bond acceptors (Lipinski definition) is 1. The number of hydrogen-bond donors (Lipinski definition) is 0. The van der Waals surface area contributed by atoms with Crippen molar-refractivity contribution in [1.82, 2.24) is 0 Å². The van der Waals surface area contributed by atoms with E-state index >= 15 is 0 Å². The number of methoxy groups -OCH3 is 1. The largest absolute Gasteiger partial charge is 0.375 e. The van der Waals surface area contributed by atoms with E-state index in [2.05, 4.69) is 0 Å². The Hall–Kier alpha value is -1.08. The number of ether oxygens (including phenoxy) is 1. The SMILES string of the molecule is [2H]/C(=C\C(C)(C)OC)c1ccc(C)cc1. The smallest absolute Gasteiger partial charge is 0.0805 e. The van der Waals surface area contributed by atoms with Gasteiger partial charge in [0.05, 0.1) is 6.97 Å². The second kappa shape index (κ2) is 4.43. The highest BCUT2D eigenvalue weighted by Crippen LogP contribution is 2.12. The maximum absolute atomic E-state index is 7.92. The molecule has 0 N–H and O–H groups in total. The van der Waals surface area contributed by atoms with Crippen molar-refractivity contribution >= 4 is 6.05 Å². The third kappa shape index (κ3) is 3.35. The molecular formula is C13H18O. The minimum absolute atomic E-state index is 0.387. The zero-order valence-electron chi connectivity index (χ0n) is 10.3. The van der Waals surface area contributed by atoms with Crippen LogP contribution in [-0.4, -0.2) is 12.7 Å². The van der Waals surface area contributed by atoms with Crippen molar-refractivity contribution < 1.29 is 6.11 Å². The van der Waals surface area contributed by atoms with Gasteiger partial charge in [0.1, 0.15) is 0 Å². The number of aryl methyl sites for hydroxylation is 1. The lowest BCUT2D eigenvalue weighted by molar-refractivity contribution is 0.0663. The molecule has 0 atom stereocenters. The summed E-state index contributed by atoms with van der Waals surface area (Å²) < 4.78 is 13.2. The van der Waals surface area contributed by atoms with Gasteiger partial charge in [0.15, 0.2) is 0 Å². The fraction of sp³-hybridized carbons (Fsp3) is 0.385. The first-order chi connectivity index (χ1) is 6.94. The van der Waals surface area contributed by atoms with E-state index in [0.717, 1.165) is 5.56 Å². The Bertz CT molecular complexity index is 349. The van der Waals surface area contributed by atoms with E-state index in [1.54, 1.807) is 7.11 Å². The number of benzene rings is 1. The topological polar surface area (TPSA) is 9.23 Å². The van der Waals surface area contributed by atoms with Gasteiger partial charge >= 0.3 is 0 Å². The van der Waals surface area contributed by atoms with Gasteiger partial charge in [-0.15, -0.1) is 0 Å². The van der Waals surface area contributed by atoms with E-state index in [-0.39, 0.29) is 5.60 Å². The standard InChI is InChI=1S/C13H18O/c1-11-5-7-12(8-6-11)9-10-13(2,3)14-4/h5-10H,1-4H3/b10-9+/i9D. The van der Waals surface area contributed by atoms with Crippen LogP contribution >= 0.6 is 0 Å². The Morgan fingerprint density at radius 1 is 1.29 bits per heavy atom. The zero-order chi connectivity index (χ0) is 11.5. The van der Waals surface area contributed by atoms with Crippen molar-refractivity contribution in [3.8, 4) is 0 Å². The molecular weight excluding hydrogens is 172 g/mol. The highest BCUT2D eigenvalue weighted by atomic mass is 16.5. The third-order valence-corrected chi connectivity index (χ3v) is 2.16. The van der Waals surface area contributed by atoms with Gasteiger partial charge in [-0.2, -0.15) is 0 Å². The highest BCUT2D eigenvalue weighted by Gasteiger charge is 2.09. The second-order valence-corrected chi connectivity index (χ2v) is 3.96. The van der Waals surface area contributed by atoms with Crippen LogP contribution in [0.4, 0.5) is 0 Å². The maximum atomic E-state index is 7.92. The van der Waals surface area contributed by atoms with Crippen molar-refractivity contribution in [3.63, 3.8) is 0 Å². The first-order valence-electron chi connectivity index (χ1n) is 5.26. The molecule has 1 aromatic carbocycles. The molecule has 0 radical (unpaired) electrons. The maximum Gasteiger partial charge on any atom is 0.0805 e. The van der Waals surface area contributed by atoms with Gasteiger partial charge in [0, 0.05) is 7.11 Å². The fourth-order valence-corrected chi connectivity index (χ4v) is 0.966. The summed E-state index contributed by atoms with van der Waals surface area (Å²) in [4.78, 5) is 0. The molecule has 0 aliphatic heterocycles. The van der Waals surface area contributed by atoms with Crippen molar-refractivity contribution in [3.05, 3.63) is 41.5 Å². The molecule has 0 spiro atoms. The van der Waals surface area contributed by atoms with Crippen LogP contribution in [0.5, 0.6) is 0 Å². The highest BCUT2D eigenvalue weighted by molar-refractivity contribution is 5.50. The minimum Gasteiger partial charge on any atom is -0.375 e. The minimum atomic E-state index is -0.387. The van der Waals surface area contributed by atoms with Crippen LogP contribution in [0, 0.1) is 6.92 Å². The average Bonchev–Trinajstić information content (AvgIpc) is 2.18. The van der Waals surface area contributed by atoms with E-state index in [0.29, 0.717) is 6.05 Å². The van der Waals surface area contributed by atoms with Gasteiger partial charge in [-0.3, -0.25) is 0 Å². The molecule has 76 valence electrons. The molecule has 0 heterocycles. The summed E-state index contributed by atoms with van der Waals surface area (Å²) in [6, 6.07) is 8.44. The lowest BCUT2D eigenvalue weighted by Crippen LogP contribution is -2.18. The van der Waals surface area contributed by atoms with Crippen LogP contribution in [0.15, 0.2) is 30.3 Å². The predicted octanol–water partition coefficient (Wildman–Crippen LogP) is 3.43. The molecule has 0 saturated heterocycles. The third-order valence-electron chi connectivity index (χ3n) is 2.16. The van der Waals surface area contributed by atoms with Crippen molar-refractivity contribution in [2.45, 2.75) is 26.4 Å². The van der Waals surface area contributed by atoms with Gasteiger partial charge in [-0.25, -0.2) is 0 Å². The second-order valence-electron chi connectivity index (χ2n) is 3.96. The molecule has 0 unspecified atom stereocenters. The molecule has 0 aliphatic rings. The zero-order valence-corrected chi connectivity index (χ0v) is 9.29. The van der Waals surface area contributed by atoms with Crippen molar-refractivity contribution in [2.24, 2.45) is 0 Å². The molecule has 1 aromatic rings. The van der Waals surface area contributed by atoms with E-state index in [4.69, 9.17) is 6.11 Å². The van der Waals surface area contributed by atoms with Crippen molar-refractivity contribution in [2.75, 3.05) is 7.11 Å².